The molecule has 0 bridgehead atoms. The monoisotopic (exact) mass is 309 g/mol. The van der Waals surface area contributed by atoms with Crippen LogP contribution in [0.4, 0.5) is 5.69 Å². The lowest BCUT2D eigenvalue weighted by Gasteiger charge is -2.34. The molecule has 0 saturated carbocycles. The van der Waals surface area contributed by atoms with E-state index in [2.05, 4.69) is 5.32 Å². The Labute approximate surface area is 129 Å². The quantitative estimate of drug-likeness (QED) is 0.839. The van der Waals surface area contributed by atoms with E-state index in [1.165, 1.54) is 0 Å². The zero-order chi connectivity index (χ0) is 14.6. The van der Waals surface area contributed by atoms with Crippen LogP contribution in [-0.4, -0.2) is 11.7 Å². The molecule has 0 heterocycles. The third-order valence-corrected chi connectivity index (χ3v) is 4.00. The lowest BCUT2D eigenvalue weighted by atomic mass is 9.87. The standard InChI is InChI=1S/C16H17Cl2NO/c1-2-16(11-20,12-3-5-13(17)6-4-12)19-15-9-7-14(18)8-10-15/h3-10,19-20H,2,11H2,1H3. The van der Waals surface area contributed by atoms with E-state index in [1.54, 1.807) is 0 Å². The lowest BCUT2D eigenvalue weighted by Crippen LogP contribution is -2.38. The van der Waals surface area contributed by atoms with E-state index in [4.69, 9.17) is 23.2 Å². The highest BCUT2D eigenvalue weighted by atomic mass is 35.5. The van der Waals surface area contributed by atoms with Gasteiger partial charge in [0.05, 0.1) is 12.1 Å². The molecule has 0 saturated heterocycles. The summed E-state index contributed by atoms with van der Waals surface area (Å²) in [7, 11) is 0. The van der Waals surface area contributed by atoms with Gasteiger partial charge in [0.2, 0.25) is 0 Å². The molecule has 4 heteroatoms. The van der Waals surface area contributed by atoms with E-state index < -0.39 is 5.54 Å². The molecule has 2 rings (SSSR count). The van der Waals surface area contributed by atoms with Gasteiger partial charge in [-0.15, -0.1) is 0 Å². The largest absolute Gasteiger partial charge is 0.394 e. The van der Waals surface area contributed by atoms with Crippen molar-refractivity contribution < 1.29 is 5.11 Å². The van der Waals surface area contributed by atoms with Crippen molar-refractivity contribution >= 4 is 28.9 Å². The van der Waals surface area contributed by atoms with Crippen LogP contribution in [0.15, 0.2) is 48.5 Å². The smallest absolute Gasteiger partial charge is 0.0854 e. The molecule has 1 unspecified atom stereocenters. The summed E-state index contributed by atoms with van der Waals surface area (Å²) in [6, 6.07) is 15.0. The van der Waals surface area contributed by atoms with Gasteiger partial charge in [-0.05, 0) is 48.4 Å². The van der Waals surface area contributed by atoms with Gasteiger partial charge >= 0.3 is 0 Å². The first-order valence-corrected chi connectivity index (χ1v) is 7.26. The second-order valence-corrected chi connectivity index (χ2v) is 5.61. The number of nitrogens with one attached hydrogen (secondary N) is 1. The van der Waals surface area contributed by atoms with Gasteiger partial charge < -0.3 is 10.4 Å². The van der Waals surface area contributed by atoms with Crippen LogP contribution in [0, 0.1) is 0 Å². The summed E-state index contributed by atoms with van der Waals surface area (Å²) in [6.45, 7) is 2.03. The van der Waals surface area contributed by atoms with Crippen molar-refractivity contribution in [2.24, 2.45) is 0 Å². The summed E-state index contributed by atoms with van der Waals surface area (Å²) in [5.41, 5.74) is 1.39. The minimum Gasteiger partial charge on any atom is -0.394 e. The molecule has 0 spiro atoms. The van der Waals surface area contributed by atoms with Gasteiger partial charge in [0, 0.05) is 15.7 Å². The fourth-order valence-electron chi connectivity index (χ4n) is 2.19. The van der Waals surface area contributed by atoms with Gasteiger partial charge in [0.1, 0.15) is 0 Å². The normalized spacial score (nSPS) is 13.8. The van der Waals surface area contributed by atoms with Gasteiger partial charge in [-0.2, -0.15) is 0 Å². The number of hydrogen-bond donors (Lipinski definition) is 2. The Morgan fingerprint density at radius 2 is 1.45 bits per heavy atom. The first-order chi connectivity index (χ1) is 9.59. The zero-order valence-electron chi connectivity index (χ0n) is 11.2. The van der Waals surface area contributed by atoms with E-state index in [0.717, 1.165) is 17.7 Å². The lowest BCUT2D eigenvalue weighted by molar-refractivity contribution is 0.207. The van der Waals surface area contributed by atoms with Crippen LogP contribution in [0.2, 0.25) is 10.0 Å². The van der Waals surface area contributed by atoms with Crippen LogP contribution in [0.3, 0.4) is 0 Å². The minimum atomic E-state index is -0.529. The van der Waals surface area contributed by atoms with Crippen LogP contribution in [0.1, 0.15) is 18.9 Å². The Kier molecular flexibility index (Phi) is 4.92. The van der Waals surface area contributed by atoms with Crippen molar-refractivity contribution in [2.45, 2.75) is 18.9 Å². The molecule has 2 N–H and O–H groups in total. The van der Waals surface area contributed by atoms with E-state index in [9.17, 15) is 5.11 Å². The molecule has 2 nitrogen and oxygen atoms in total. The Balaban J connectivity index is 2.33. The van der Waals surface area contributed by atoms with Crippen LogP contribution >= 0.6 is 23.2 Å². The molecule has 0 amide bonds. The number of hydrogen-bond acceptors (Lipinski definition) is 2. The fourth-order valence-corrected chi connectivity index (χ4v) is 2.44. The number of anilines is 1. The van der Waals surface area contributed by atoms with Crippen molar-refractivity contribution in [3.8, 4) is 0 Å². The summed E-state index contributed by atoms with van der Waals surface area (Å²) < 4.78 is 0. The average Bonchev–Trinajstić information content (AvgIpc) is 2.48. The molecule has 2 aromatic carbocycles. The Morgan fingerprint density at radius 3 is 1.90 bits per heavy atom. The molecular weight excluding hydrogens is 293 g/mol. The third-order valence-electron chi connectivity index (χ3n) is 3.50. The predicted octanol–water partition coefficient (Wildman–Crippen LogP) is 4.70. The van der Waals surface area contributed by atoms with Crippen LogP contribution < -0.4 is 5.32 Å². The SMILES string of the molecule is CCC(CO)(Nc1ccc(Cl)cc1)c1ccc(Cl)cc1. The second-order valence-electron chi connectivity index (χ2n) is 4.73. The fraction of sp³-hybridized carbons (Fsp3) is 0.250. The summed E-state index contributed by atoms with van der Waals surface area (Å²) in [5, 5.41) is 14.7. The van der Waals surface area contributed by atoms with Gasteiger partial charge in [-0.25, -0.2) is 0 Å². The molecule has 20 heavy (non-hydrogen) atoms. The predicted molar refractivity (Wildman–Crippen MR) is 85.6 cm³/mol. The molecule has 0 aromatic heterocycles. The summed E-state index contributed by atoms with van der Waals surface area (Å²) in [6.07, 6.45) is 0.744. The van der Waals surface area contributed by atoms with Gasteiger partial charge in [-0.3, -0.25) is 0 Å². The van der Waals surface area contributed by atoms with Crippen LogP contribution in [0.25, 0.3) is 0 Å². The molecule has 2 aromatic rings. The zero-order valence-corrected chi connectivity index (χ0v) is 12.7. The Morgan fingerprint density at radius 1 is 0.950 bits per heavy atom. The van der Waals surface area contributed by atoms with Crippen LogP contribution in [0.5, 0.6) is 0 Å². The molecule has 0 radical (unpaired) electrons. The molecule has 0 fully saturated rings. The Bertz CT molecular complexity index is 548. The van der Waals surface area contributed by atoms with Crippen molar-refractivity contribution in [2.75, 3.05) is 11.9 Å². The topological polar surface area (TPSA) is 32.3 Å². The van der Waals surface area contributed by atoms with E-state index >= 15 is 0 Å². The maximum atomic E-state index is 9.89. The number of aliphatic hydroxyl groups excluding tert-OH is 1. The van der Waals surface area contributed by atoms with Crippen LogP contribution in [-0.2, 0) is 5.54 Å². The van der Waals surface area contributed by atoms with Gasteiger partial charge in [0.15, 0.2) is 0 Å². The molecule has 0 aliphatic heterocycles. The third kappa shape index (κ3) is 3.26. The summed E-state index contributed by atoms with van der Waals surface area (Å²) in [5.74, 6) is 0. The van der Waals surface area contributed by atoms with Gasteiger partial charge in [-0.1, -0.05) is 42.3 Å². The highest BCUT2D eigenvalue weighted by Gasteiger charge is 2.29. The molecular formula is C16H17Cl2NO. The van der Waals surface area contributed by atoms with Crippen molar-refractivity contribution in [3.05, 3.63) is 64.1 Å². The minimum absolute atomic E-state index is 0.00619. The first kappa shape index (κ1) is 15.2. The van der Waals surface area contributed by atoms with Crippen molar-refractivity contribution in [3.63, 3.8) is 0 Å². The second kappa shape index (κ2) is 6.49. The highest BCUT2D eigenvalue weighted by Crippen LogP contribution is 2.30. The van der Waals surface area contributed by atoms with Gasteiger partial charge in [0.25, 0.3) is 0 Å². The average molecular weight is 310 g/mol. The molecule has 0 aliphatic carbocycles. The summed E-state index contributed by atoms with van der Waals surface area (Å²) >= 11 is 11.8. The Hall–Kier alpha value is -1.22. The number of benzene rings is 2. The maximum absolute atomic E-state index is 9.89. The number of halogens is 2. The van der Waals surface area contributed by atoms with E-state index in [-0.39, 0.29) is 6.61 Å². The molecule has 1 atom stereocenters. The highest BCUT2D eigenvalue weighted by molar-refractivity contribution is 6.30. The molecule has 106 valence electrons. The van der Waals surface area contributed by atoms with E-state index in [0.29, 0.717) is 10.0 Å². The summed E-state index contributed by atoms with van der Waals surface area (Å²) in [4.78, 5) is 0. The first-order valence-electron chi connectivity index (χ1n) is 6.50. The van der Waals surface area contributed by atoms with Crippen molar-refractivity contribution in [1.82, 2.24) is 0 Å². The van der Waals surface area contributed by atoms with E-state index in [1.807, 2.05) is 55.5 Å². The number of rotatable bonds is 5. The van der Waals surface area contributed by atoms with Crippen molar-refractivity contribution in [1.29, 1.82) is 0 Å². The maximum Gasteiger partial charge on any atom is 0.0854 e. The molecule has 0 aliphatic rings. The number of aliphatic hydroxyl groups is 1.